The topological polar surface area (TPSA) is 76.7 Å². The lowest BCUT2D eigenvalue weighted by Crippen LogP contribution is -2.01. The van der Waals surface area contributed by atoms with Crippen LogP contribution in [-0.2, 0) is 6.54 Å². The molecular weight excluding hydrogens is 313 g/mol. The van der Waals surface area contributed by atoms with Crippen molar-refractivity contribution in [1.82, 2.24) is 20.2 Å². The van der Waals surface area contributed by atoms with Crippen LogP contribution in [0.1, 0.15) is 5.56 Å². The summed E-state index contributed by atoms with van der Waals surface area (Å²) < 4.78 is 5.45. The Morgan fingerprint density at radius 2 is 1.90 bits per heavy atom. The largest absolute Gasteiger partial charge is 0.402 e. The number of benzene rings is 1. The fourth-order valence-corrected chi connectivity index (χ4v) is 2.20. The lowest BCUT2D eigenvalue weighted by molar-refractivity contribution is 0.578. The summed E-state index contributed by atoms with van der Waals surface area (Å²) in [6.07, 6.45) is 4.66. The zero-order valence-corrected chi connectivity index (χ0v) is 12.1. The van der Waals surface area contributed by atoms with E-state index >= 15 is 0 Å². The SMILES string of the molecule is Clc1cccc(Cl)c1CNc1nnc(-c2cnccn2)o1. The number of anilines is 1. The van der Waals surface area contributed by atoms with E-state index in [2.05, 4.69) is 25.5 Å². The molecule has 0 saturated carbocycles. The molecule has 106 valence electrons. The highest BCUT2D eigenvalue weighted by Crippen LogP contribution is 2.25. The third-order valence-electron chi connectivity index (χ3n) is 2.69. The van der Waals surface area contributed by atoms with E-state index in [4.69, 9.17) is 27.6 Å². The van der Waals surface area contributed by atoms with Crippen LogP contribution < -0.4 is 5.32 Å². The van der Waals surface area contributed by atoms with Gasteiger partial charge in [-0.3, -0.25) is 4.98 Å². The van der Waals surface area contributed by atoms with Crippen LogP contribution >= 0.6 is 23.2 Å². The lowest BCUT2D eigenvalue weighted by atomic mass is 10.2. The molecule has 6 nitrogen and oxygen atoms in total. The predicted octanol–water partition coefficient (Wildman–Crippen LogP) is 3.45. The van der Waals surface area contributed by atoms with Gasteiger partial charge in [0.15, 0.2) is 0 Å². The molecule has 2 heterocycles. The monoisotopic (exact) mass is 321 g/mol. The van der Waals surface area contributed by atoms with Crippen LogP contribution in [0.15, 0.2) is 41.2 Å². The van der Waals surface area contributed by atoms with Crippen LogP contribution in [0.3, 0.4) is 0 Å². The second-order valence-electron chi connectivity index (χ2n) is 4.06. The summed E-state index contributed by atoms with van der Waals surface area (Å²) in [5, 5.41) is 11.9. The maximum atomic E-state index is 6.09. The van der Waals surface area contributed by atoms with Crippen molar-refractivity contribution in [3.63, 3.8) is 0 Å². The first-order valence-corrected chi connectivity index (χ1v) is 6.76. The minimum absolute atomic E-state index is 0.256. The van der Waals surface area contributed by atoms with Gasteiger partial charge in [0.2, 0.25) is 0 Å². The normalized spacial score (nSPS) is 10.6. The Labute approximate surface area is 130 Å². The summed E-state index contributed by atoms with van der Waals surface area (Å²) in [4.78, 5) is 8.02. The number of nitrogens with one attached hydrogen (secondary N) is 1. The number of hydrogen-bond donors (Lipinski definition) is 1. The van der Waals surface area contributed by atoms with E-state index in [1.54, 1.807) is 36.8 Å². The highest BCUT2D eigenvalue weighted by Gasteiger charge is 2.11. The number of halogens is 2. The molecule has 8 heteroatoms. The molecule has 0 amide bonds. The average molecular weight is 322 g/mol. The van der Waals surface area contributed by atoms with E-state index in [-0.39, 0.29) is 11.9 Å². The van der Waals surface area contributed by atoms with Crippen molar-refractivity contribution in [3.8, 4) is 11.6 Å². The number of hydrogen-bond acceptors (Lipinski definition) is 6. The third kappa shape index (κ3) is 3.12. The smallest absolute Gasteiger partial charge is 0.316 e. The predicted molar refractivity (Wildman–Crippen MR) is 79.1 cm³/mol. The fourth-order valence-electron chi connectivity index (χ4n) is 1.67. The molecule has 1 aromatic carbocycles. The Morgan fingerprint density at radius 1 is 1.10 bits per heavy atom. The highest BCUT2D eigenvalue weighted by atomic mass is 35.5. The molecule has 0 aliphatic carbocycles. The van der Waals surface area contributed by atoms with Gasteiger partial charge in [-0.05, 0) is 12.1 Å². The standard InChI is InChI=1S/C13H9Cl2N5O/c14-9-2-1-3-10(15)8(9)6-18-13-20-19-12(21-13)11-7-16-4-5-17-11/h1-5,7H,6H2,(H,18,20). The Hall–Kier alpha value is -2.18. The minimum atomic E-state index is 0.256. The summed E-state index contributed by atoms with van der Waals surface area (Å²) in [5.41, 5.74) is 1.27. The Kier molecular flexibility index (Phi) is 3.98. The Balaban J connectivity index is 1.74. The van der Waals surface area contributed by atoms with Gasteiger partial charge in [0, 0.05) is 34.5 Å². The fraction of sp³-hybridized carbons (Fsp3) is 0.0769. The molecule has 21 heavy (non-hydrogen) atoms. The Morgan fingerprint density at radius 3 is 2.62 bits per heavy atom. The van der Waals surface area contributed by atoms with E-state index < -0.39 is 0 Å². The van der Waals surface area contributed by atoms with Crippen molar-refractivity contribution < 1.29 is 4.42 Å². The maximum Gasteiger partial charge on any atom is 0.316 e. The van der Waals surface area contributed by atoms with Crippen LogP contribution in [0.2, 0.25) is 10.0 Å². The van der Waals surface area contributed by atoms with Gasteiger partial charge < -0.3 is 9.73 Å². The first kappa shape index (κ1) is 13.8. The van der Waals surface area contributed by atoms with Crippen LogP contribution in [-0.4, -0.2) is 20.2 Å². The van der Waals surface area contributed by atoms with E-state index in [1.807, 2.05) is 0 Å². The van der Waals surface area contributed by atoms with Crippen molar-refractivity contribution in [1.29, 1.82) is 0 Å². The molecule has 2 aromatic heterocycles. The second kappa shape index (κ2) is 6.07. The molecule has 0 aliphatic rings. The zero-order valence-electron chi connectivity index (χ0n) is 10.6. The van der Waals surface area contributed by atoms with E-state index in [1.165, 1.54) is 0 Å². The van der Waals surface area contributed by atoms with Crippen molar-refractivity contribution in [2.45, 2.75) is 6.54 Å². The summed E-state index contributed by atoms with van der Waals surface area (Å²) in [7, 11) is 0. The van der Waals surface area contributed by atoms with Crippen molar-refractivity contribution in [2.75, 3.05) is 5.32 Å². The van der Waals surface area contributed by atoms with Gasteiger partial charge >= 0.3 is 6.01 Å². The van der Waals surface area contributed by atoms with Gasteiger partial charge in [0.1, 0.15) is 5.69 Å². The number of rotatable bonds is 4. The van der Waals surface area contributed by atoms with Crippen LogP contribution in [0.25, 0.3) is 11.6 Å². The zero-order chi connectivity index (χ0) is 14.7. The molecule has 0 unspecified atom stereocenters. The number of nitrogens with zero attached hydrogens (tertiary/aromatic N) is 4. The van der Waals surface area contributed by atoms with Crippen LogP contribution in [0.4, 0.5) is 6.01 Å². The van der Waals surface area contributed by atoms with Gasteiger partial charge in [0.25, 0.3) is 5.89 Å². The van der Waals surface area contributed by atoms with Crippen LogP contribution in [0.5, 0.6) is 0 Å². The molecule has 0 fully saturated rings. The molecule has 0 atom stereocenters. The molecule has 0 bridgehead atoms. The van der Waals surface area contributed by atoms with Gasteiger partial charge in [-0.25, -0.2) is 4.98 Å². The van der Waals surface area contributed by atoms with Gasteiger partial charge in [-0.1, -0.05) is 34.4 Å². The molecular formula is C13H9Cl2N5O. The van der Waals surface area contributed by atoms with E-state index in [0.29, 0.717) is 22.3 Å². The van der Waals surface area contributed by atoms with Gasteiger partial charge in [-0.15, -0.1) is 5.10 Å². The lowest BCUT2D eigenvalue weighted by Gasteiger charge is -2.06. The first-order chi connectivity index (χ1) is 10.2. The second-order valence-corrected chi connectivity index (χ2v) is 4.87. The van der Waals surface area contributed by atoms with Gasteiger partial charge in [0.05, 0.1) is 6.20 Å². The van der Waals surface area contributed by atoms with E-state index in [0.717, 1.165) is 5.56 Å². The first-order valence-electron chi connectivity index (χ1n) is 6.00. The molecule has 3 rings (SSSR count). The van der Waals surface area contributed by atoms with E-state index in [9.17, 15) is 0 Å². The molecule has 0 spiro atoms. The number of aromatic nitrogens is 4. The molecule has 3 aromatic rings. The Bertz CT molecular complexity index is 727. The maximum absolute atomic E-state index is 6.09. The van der Waals surface area contributed by atoms with Crippen molar-refractivity contribution in [2.24, 2.45) is 0 Å². The highest BCUT2D eigenvalue weighted by molar-refractivity contribution is 6.36. The summed E-state index contributed by atoms with van der Waals surface area (Å²) >= 11 is 12.2. The molecule has 0 aliphatic heterocycles. The molecule has 1 N–H and O–H groups in total. The third-order valence-corrected chi connectivity index (χ3v) is 3.39. The summed E-state index contributed by atoms with van der Waals surface area (Å²) in [5.74, 6) is 0.288. The summed E-state index contributed by atoms with van der Waals surface area (Å²) in [6.45, 7) is 0.376. The quantitative estimate of drug-likeness (QED) is 0.793. The van der Waals surface area contributed by atoms with Crippen molar-refractivity contribution >= 4 is 29.2 Å². The average Bonchev–Trinajstić information content (AvgIpc) is 2.97. The van der Waals surface area contributed by atoms with Gasteiger partial charge in [-0.2, -0.15) is 0 Å². The van der Waals surface area contributed by atoms with Crippen LogP contribution in [0, 0.1) is 0 Å². The summed E-state index contributed by atoms with van der Waals surface area (Å²) in [6, 6.07) is 5.58. The minimum Gasteiger partial charge on any atom is -0.402 e. The molecule has 0 radical (unpaired) electrons. The van der Waals surface area contributed by atoms with Crippen molar-refractivity contribution in [3.05, 3.63) is 52.4 Å². The molecule has 0 saturated heterocycles.